The number of carbonyl (C=O) groups is 1. The van der Waals surface area contributed by atoms with Crippen LogP contribution in [0.1, 0.15) is 43.5 Å². The largest absolute Gasteiger partial charge is 0.372 e. The van der Waals surface area contributed by atoms with Crippen molar-refractivity contribution in [2.24, 2.45) is 11.8 Å². The summed E-state index contributed by atoms with van der Waals surface area (Å²) in [6, 6.07) is 2.07. The van der Waals surface area contributed by atoms with E-state index in [2.05, 4.69) is 45.4 Å². The van der Waals surface area contributed by atoms with E-state index in [0.717, 1.165) is 10.9 Å². The molecule has 0 bridgehead atoms. The first-order valence-electron chi connectivity index (χ1n) is 7.17. The van der Waals surface area contributed by atoms with Crippen molar-refractivity contribution < 1.29 is 4.79 Å². The number of aromatic nitrogens is 1. The fourth-order valence-corrected chi connectivity index (χ4v) is 3.17. The number of amides is 1. The van der Waals surface area contributed by atoms with E-state index in [-0.39, 0.29) is 11.9 Å². The van der Waals surface area contributed by atoms with E-state index in [4.69, 9.17) is 0 Å². The topological polar surface area (TPSA) is 54.0 Å². The molecule has 5 heteroatoms. The lowest BCUT2D eigenvalue weighted by molar-refractivity contribution is 0.0891. The molecule has 3 unspecified atom stereocenters. The SMILES string of the molecule is CNc1ncc(Br)cc1C(=O)NC1CCCC(C)C1C. The molecule has 2 rings (SSSR count). The van der Waals surface area contributed by atoms with Crippen LogP contribution < -0.4 is 10.6 Å². The Bertz CT molecular complexity index is 492. The fraction of sp³-hybridized carbons (Fsp3) is 0.600. The van der Waals surface area contributed by atoms with E-state index in [1.54, 1.807) is 13.2 Å². The average Bonchev–Trinajstić information content (AvgIpc) is 2.43. The highest BCUT2D eigenvalue weighted by atomic mass is 79.9. The number of rotatable bonds is 3. The number of hydrogen-bond acceptors (Lipinski definition) is 3. The highest BCUT2D eigenvalue weighted by Crippen LogP contribution is 2.30. The van der Waals surface area contributed by atoms with E-state index < -0.39 is 0 Å². The van der Waals surface area contributed by atoms with Gasteiger partial charge in [0, 0.05) is 23.8 Å². The van der Waals surface area contributed by atoms with Gasteiger partial charge in [-0.25, -0.2) is 4.98 Å². The molecule has 1 aromatic heterocycles. The van der Waals surface area contributed by atoms with Gasteiger partial charge in [-0.3, -0.25) is 4.79 Å². The molecule has 3 atom stereocenters. The Morgan fingerprint density at radius 1 is 1.40 bits per heavy atom. The highest BCUT2D eigenvalue weighted by molar-refractivity contribution is 9.10. The molecule has 1 saturated carbocycles. The maximum Gasteiger partial charge on any atom is 0.255 e. The van der Waals surface area contributed by atoms with Crippen molar-refractivity contribution >= 4 is 27.7 Å². The van der Waals surface area contributed by atoms with Gasteiger partial charge in [0.25, 0.3) is 5.91 Å². The number of nitrogens with zero attached hydrogens (tertiary/aromatic N) is 1. The summed E-state index contributed by atoms with van der Waals surface area (Å²) in [6.07, 6.45) is 5.20. The molecular formula is C15H22BrN3O. The van der Waals surface area contributed by atoms with Gasteiger partial charge in [0.15, 0.2) is 0 Å². The van der Waals surface area contributed by atoms with Gasteiger partial charge in [-0.2, -0.15) is 0 Å². The maximum absolute atomic E-state index is 12.5. The number of carbonyl (C=O) groups excluding carboxylic acids is 1. The minimum Gasteiger partial charge on any atom is -0.372 e. The van der Waals surface area contributed by atoms with Crippen LogP contribution in [0, 0.1) is 11.8 Å². The molecule has 1 aliphatic rings. The number of anilines is 1. The van der Waals surface area contributed by atoms with Crippen LogP contribution in [0.25, 0.3) is 0 Å². The third-order valence-corrected chi connectivity index (χ3v) is 4.79. The van der Waals surface area contributed by atoms with Crippen LogP contribution in [0.15, 0.2) is 16.7 Å². The normalized spacial score (nSPS) is 26.1. The monoisotopic (exact) mass is 339 g/mol. The molecule has 0 aliphatic heterocycles. The summed E-state index contributed by atoms with van der Waals surface area (Å²) in [5.41, 5.74) is 0.590. The van der Waals surface area contributed by atoms with Crippen molar-refractivity contribution in [3.8, 4) is 0 Å². The van der Waals surface area contributed by atoms with Gasteiger partial charge in [-0.15, -0.1) is 0 Å². The van der Waals surface area contributed by atoms with E-state index in [0.29, 0.717) is 23.2 Å². The quantitative estimate of drug-likeness (QED) is 0.886. The van der Waals surface area contributed by atoms with Crippen molar-refractivity contribution in [3.05, 3.63) is 22.3 Å². The van der Waals surface area contributed by atoms with Crippen LogP contribution in [-0.4, -0.2) is 24.0 Å². The third-order valence-electron chi connectivity index (χ3n) is 4.36. The van der Waals surface area contributed by atoms with Gasteiger partial charge in [0.05, 0.1) is 5.56 Å². The summed E-state index contributed by atoms with van der Waals surface area (Å²) in [7, 11) is 1.78. The molecule has 110 valence electrons. The maximum atomic E-state index is 12.5. The Morgan fingerprint density at radius 3 is 2.85 bits per heavy atom. The lowest BCUT2D eigenvalue weighted by atomic mass is 9.78. The molecule has 1 amide bonds. The number of nitrogens with one attached hydrogen (secondary N) is 2. The second-order valence-electron chi connectivity index (χ2n) is 5.65. The van der Waals surface area contributed by atoms with Gasteiger partial charge in [0.2, 0.25) is 0 Å². The van der Waals surface area contributed by atoms with Crippen molar-refractivity contribution in [1.29, 1.82) is 0 Å². The van der Waals surface area contributed by atoms with Gasteiger partial charge in [0.1, 0.15) is 5.82 Å². The average molecular weight is 340 g/mol. The Labute approximate surface area is 128 Å². The van der Waals surface area contributed by atoms with Crippen molar-refractivity contribution in [2.75, 3.05) is 12.4 Å². The first-order valence-corrected chi connectivity index (χ1v) is 7.96. The van der Waals surface area contributed by atoms with Gasteiger partial charge < -0.3 is 10.6 Å². The first-order chi connectivity index (χ1) is 9.52. The second kappa shape index (κ2) is 6.57. The van der Waals surface area contributed by atoms with Gasteiger partial charge in [-0.1, -0.05) is 26.7 Å². The number of pyridine rings is 1. The third kappa shape index (κ3) is 3.32. The zero-order valence-electron chi connectivity index (χ0n) is 12.2. The van der Waals surface area contributed by atoms with Crippen molar-refractivity contribution in [3.63, 3.8) is 0 Å². The predicted molar refractivity (Wildman–Crippen MR) is 84.9 cm³/mol. The van der Waals surface area contributed by atoms with Crippen LogP contribution in [-0.2, 0) is 0 Å². The first kappa shape index (κ1) is 15.3. The van der Waals surface area contributed by atoms with E-state index >= 15 is 0 Å². The Kier molecular flexibility index (Phi) is 5.02. The fourth-order valence-electron chi connectivity index (χ4n) is 2.84. The van der Waals surface area contributed by atoms with Crippen molar-refractivity contribution in [2.45, 2.75) is 39.2 Å². The molecular weight excluding hydrogens is 318 g/mol. The molecule has 20 heavy (non-hydrogen) atoms. The van der Waals surface area contributed by atoms with E-state index in [1.165, 1.54) is 12.8 Å². The lowest BCUT2D eigenvalue weighted by Crippen LogP contribution is -2.43. The minimum absolute atomic E-state index is 0.0471. The lowest BCUT2D eigenvalue weighted by Gasteiger charge is -2.34. The molecule has 1 heterocycles. The molecule has 4 nitrogen and oxygen atoms in total. The Morgan fingerprint density at radius 2 is 2.15 bits per heavy atom. The number of hydrogen-bond donors (Lipinski definition) is 2. The van der Waals surface area contributed by atoms with Crippen LogP contribution in [0.3, 0.4) is 0 Å². The number of halogens is 1. The molecule has 1 fully saturated rings. The smallest absolute Gasteiger partial charge is 0.255 e. The van der Waals surface area contributed by atoms with E-state index in [9.17, 15) is 4.79 Å². The van der Waals surface area contributed by atoms with Crippen LogP contribution in [0.5, 0.6) is 0 Å². The molecule has 1 aliphatic carbocycles. The summed E-state index contributed by atoms with van der Waals surface area (Å²) < 4.78 is 0.812. The molecule has 0 spiro atoms. The zero-order chi connectivity index (χ0) is 14.7. The Balaban J connectivity index is 2.13. The van der Waals surface area contributed by atoms with Gasteiger partial charge >= 0.3 is 0 Å². The molecule has 0 aromatic carbocycles. The Hall–Kier alpha value is -1.10. The predicted octanol–water partition coefficient (Wildman–Crippen LogP) is 3.44. The minimum atomic E-state index is -0.0471. The second-order valence-corrected chi connectivity index (χ2v) is 6.56. The summed E-state index contributed by atoms with van der Waals surface area (Å²) in [6.45, 7) is 4.50. The van der Waals surface area contributed by atoms with E-state index in [1.807, 2.05) is 6.07 Å². The molecule has 1 aromatic rings. The van der Waals surface area contributed by atoms with Crippen LogP contribution in [0.2, 0.25) is 0 Å². The molecule has 2 N–H and O–H groups in total. The summed E-state index contributed by atoms with van der Waals surface area (Å²) in [4.78, 5) is 16.7. The molecule has 0 radical (unpaired) electrons. The summed E-state index contributed by atoms with van der Waals surface area (Å²) in [5, 5.41) is 6.15. The highest BCUT2D eigenvalue weighted by Gasteiger charge is 2.29. The summed E-state index contributed by atoms with van der Waals surface area (Å²) in [5.74, 6) is 1.75. The standard InChI is InChI=1S/C15H22BrN3O/c1-9-5-4-6-13(10(9)2)19-15(20)12-7-11(16)8-18-14(12)17-3/h7-10,13H,4-6H2,1-3H3,(H,17,18)(H,19,20). The molecule has 0 saturated heterocycles. The van der Waals surface area contributed by atoms with Crippen LogP contribution in [0.4, 0.5) is 5.82 Å². The van der Waals surface area contributed by atoms with Gasteiger partial charge in [-0.05, 0) is 40.3 Å². The summed E-state index contributed by atoms with van der Waals surface area (Å²) >= 11 is 3.37. The van der Waals surface area contributed by atoms with Crippen LogP contribution >= 0.6 is 15.9 Å². The zero-order valence-corrected chi connectivity index (χ0v) is 13.8. The van der Waals surface area contributed by atoms with Crippen molar-refractivity contribution in [1.82, 2.24) is 10.3 Å².